The van der Waals surface area contributed by atoms with Gasteiger partial charge in [0.25, 0.3) is 0 Å². The minimum atomic E-state index is -6.33. The van der Waals surface area contributed by atoms with Gasteiger partial charge in [0.15, 0.2) is 17.3 Å². The molecule has 35 heavy (non-hydrogen) atoms. The number of carboxylic acids is 1. The zero-order valence-electron chi connectivity index (χ0n) is 18.1. The van der Waals surface area contributed by atoms with Gasteiger partial charge in [-0.15, -0.1) is 0 Å². The number of hydrogen-bond donors (Lipinski definition) is 2. The van der Waals surface area contributed by atoms with Gasteiger partial charge in [0, 0.05) is 37.3 Å². The minimum Gasteiger partial charge on any atom is -0.481 e. The molecule has 0 aromatic heterocycles. The first-order valence-corrected chi connectivity index (χ1v) is 11.8. The van der Waals surface area contributed by atoms with Crippen molar-refractivity contribution < 1.29 is 49.2 Å². The van der Waals surface area contributed by atoms with Crippen molar-refractivity contribution in [1.82, 2.24) is 0 Å². The summed E-state index contributed by atoms with van der Waals surface area (Å²) < 4.78 is 99.0. The first-order chi connectivity index (χ1) is 16.3. The first kappa shape index (κ1) is 24.8. The zero-order chi connectivity index (χ0) is 25.7. The van der Waals surface area contributed by atoms with Crippen molar-refractivity contribution in [3.05, 3.63) is 35.4 Å². The highest BCUT2D eigenvalue weighted by molar-refractivity contribution is 7.88. The first-order valence-electron chi connectivity index (χ1n) is 10.4. The SMILES string of the molecule is CC1CCN(CCCC(=O)O)c2cc3c(cc21)Nc1cc(F)c(OS(=O)(=O)C(F)(F)F)c(F)c1O3. The lowest BCUT2D eigenvalue weighted by molar-refractivity contribution is -0.137. The van der Waals surface area contributed by atoms with E-state index < -0.39 is 44.7 Å². The lowest BCUT2D eigenvalue weighted by atomic mass is 9.90. The maximum atomic E-state index is 14.9. The predicted octanol–water partition coefficient (Wildman–Crippen LogP) is 5.22. The Balaban J connectivity index is 1.69. The van der Waals surface area contributed by atoms with Gasteiger partial charge in [-0.1, -0.05) is 6.92 Å². The molecule has 1 atom stereocenters. The lowest BCUT2D eigenvalue weighted by Gasteiger charge is -2.36. The second kappa shape index (κ2) is 8.73. The quantitative estimate of drug-likeness (QED) is 0.258. The maximum Gasteiger partial charge on any atom is 0.534 e. The molecular weight excluding hydrogens is 503 g/mol. The second-order valence-corrected chi connectivity index (χ2v) is 9.71. The average molecular weight is 522 g/mol. The summed E-state index contributed by atoms with van der Waals surface area (Å²) in [5.41, 5.74) is -4.23. The van der Waals surface area contributed by atoms with Crippen LogP contribution in [0, 0.1) is 11.6 Å². The van der Waals surface area contributed by atoms with Crippen LogP contribution in [0.15, 0.2) is 18.2 Å². The molecule has 0 spiro atoms. The van der Waals surface area contributed by atoms with Gasteiger partial charge < -0.3 is 24.2 Å². The van der Waals surface area contributed by atoms with Crippen LogP contribution in [0.2, 0.25) is 0 Å². The van der Waals surface area contributed by atoms with Gasteiger partial charge in [0.2, 0.25) is 11.6 Å². The smallest absolute Gasteiger partial charge is 0.481 e. The molecule has 0 saturated heterocycles. The van der Waals surface area contributed by atoms with Crippen molar-refractivity contribution in [1.29, 1.82) is 0 Å². The topological polar surface area (TPSA) is 105 Å². The fourth-order valence-electron chi connectivity index (χ4n) is 3.98. The van der Waals surface area contributed by atoms with E-state index in [9.17, 15) is 35.2 Å². The third-order valence-electron chi connectivity index (χ3n) is 5.74. The number of ether oxygens (including phenoxy) is 1. The third kappa shape index (κ3) is 4.66. The number of rotatable bonds is 6. The van der Waals surface area contributed by atoms with Gasteiger partial charge in [-0.25, -0.2) is 4.39 Å². The molecule has 0 amide bonds. The lowest BCUT2D eigenvalue weighted by Crippen LogP contribution is -2.32. The molecule has 190 valence electrons. The molecule has 2 N–H and O–H groups in total. The number of alkyl halides is 3. The summed E-state index contributed by atoms with van der Waals surface area (Å²) in [5.74, 6) is -6.71. The summed E-state index contributed by atoms with van der Waals surface area (Å²) in [6.07, 6.45) is 1.14. The number of hydrogen-bond acceptors (Lipinski definition) is 7. The Morgan fingerprint density at radius 1 is 1.26 bits per heavy atom. The number of carbonyl (C=O) groups is 1. The molecule has 8 nitrogen and oxygen atoms in total. The van der Waals surface area contributed by atoms with Crippen LogP contribution in [0.1, 0.15) is 37.7 Å². The number of fused-ring (bicyclic) bond motifs is 3. The number of benzene rings is 2. The molecule has 0 saturated carbocycles. The monoisotopic (exact) mass is 522 g/mol. The molecule has 2 aliphatic heterocycles. The fraction of sp³-hybridized carbons (Fsp3) is 0.381. The minimum absolute atomic E-state index is 0.0296. The summed E-state index contributed by atoms with van der Waals surface area (Å²) in [7, 11) is -6.33. The summed E-state index contributed by atoms with van der Waals surface area (Å²) in [5, 5.41) is 11.7. The molecule has 0 fully saturated rings. The van der Waals surface area contributed by atoms with Crippen molar-refractivity contribution in [3.8, 4) is 17.2 Å². The van der Waals surface area contributed by atoms with E-state index in [0.29, 0.717) is 37.0 Å². The standard InChI is InChI=1S/C21H19F5N2O6S/c1-10-4-6-28(5-2-3-17(29)30)15-9-16-13(7-11(10)15)27-14-8-12(22)19(18(23)20(14)33-16)34-35(31,32)21(24,25)26/h7-10,27H,2-6H2,1H3,(H,29,30). The summed E-state index contributed by atoms with van der Waals surface area (Å²) in [6, 6.07) is 3.85. The summed E-state index contributed by atoms with van der Waals surface area (Å²) in [4.78, 5) is 12.8. The summed E-state index contributed by atoms with van der Waals surface area (Å²) in [6.45, 7) is 3.05. The second-order valence-electron chi connectivity index (χ2n) is 8.17. The van der Waals surface area contributed by atoms with Crippen molar-refractivity contribution in [2.75, 3.05) is 23.3 Å². The van der Waals surface area contributed by atoms with Crippen molar-refractivity contribution in [2.45, 2.75) is 37.6 Å². The van der Waals surface area contributed by atoms with Gasteiger partial charge >= 0.3 is 21.6 Å². The van der Waals surface area contributed by atoms with E-state index in [1.54, 1.807) is 12.1 Å². The number of aliphatic carboxylic acids is 1. The highest BCUT2D eigenvalue weighted by Gasteiger charge is 2.49. The van der Waals surface area contributed by atoms with Gasteiger partial charge in [-0.3, -0.25) is 4.79 Å². The molecule has 2 aromatic carbocycles. The Morgan fingerprint density at radius 3 is 2.63 bits per heavy atom. The van der Waals surface area contributed by atoms with Crippen LogP contribution in [0.25, 0.3) is 0 Å². The molecule has 2 heterocycles. The number of nitrogens with zero attached hydrogens (tertiary/aromatic N) is 1. The third-order valence-corrected chi connectivity index (χ3v) is 6.69. The largest absolute Gasteiger partial charge is 0.534 e. The van der Waals surface area contributed by atoms with Gasteiger partial charge in [-0.05, 0) is 30.4 Å². The number of carboxylic acid groups (broad SMARTS) is 1. The van der Waals surface area contributed by atoms with Gasteiger partial charge in [0.1, 0.15) is 0 Å². The van der Waals surface area contributed by atoms with E-state index in [1.165, 1.54) is 0 Å². The van der Waals surface area contributed by atoms with Crippen LogP contribution >= 0.6 is 0 Å². The van der Waals surface area contributed by atoms with Crippen molar-refractivity contribution in [3.63, 3.8) is 0 Å². The van der Waals surface area contributed by atoms with E-state index in [2.05, 4.69) is 9.50 Å². The highest BCUT2D eigenvalue weighted by atomic mass is 32.2. The highest BCUT2D eigenvalue weighted by Crippen LogP contribution is 2.50. The van der Waals surface area contributed by atoms with Crippen molar-refractivity contribution in [2.24, 2.45) is 0 Å². The van der Waals surface area contributed by atoms with Crippen LogP contribution < -0.4 is 19.1 Å². The van der Waals surface area contributed by atoms with Crippen LogP contribution in [0.3, 0.4) is 0 Å². The number of halogens is 5. The Hall–Kier alpha value is -3.29. The molecule has 14 heteroatoms. The van der Waals surface area contributed by atoms with Gasteiger partial charge in [0.05, 0.1) is 11.4 Å². The zero-order valence-corrected chi connectivity index (χ0v) is 18.9. The average Bonchev–Trinajstić information content (AvgIpc) is 2.75. The molecule has 2 aromatic rings. The van der Waals surface area contributed by atoms with Crippen LogP contribution in [0.5, 0.6) is 17.2 Å². The van der Waals surface area contributed by atoms with Crippen LogP contribution in [-0.4, -0.2) is 38.1 Å². The molecule has 0 bridgehead atoms. The van der Waals surface area contributed by atoms with Crippen molar-refractivity contribution >= 4 is 33.1 Å². The Labute approximate surface area is 196 Å². The summed E-state index contributed by atoms with van der Waals surface area (Å²) >= 11 is 0. The molecule has 2 aliphatic rings. The van der Waals surface area contributed by atoms with Crippen LogP contribution in [-0.2, 0) is 14.9 Å². The van der Waals surface area contributed by atoms with Gasteiger partial charge in [-0.2, -0.15) is 26.0 Å². The fourth-order valence-corrected chi connectivity index (χ4v) is 4.45. The molecule has 4 rings (SSSR count). The maximum absolute atomic E-state index is 14.9. The number of nitrogens with one attached hydrogen (secondary N) is 1. The van der Waals surface area contributed by atoms with E-state index in [-0.39, 0.29) is 23.8 Å². The Morgan fingerprint density at radius 2 is 1.97 bits per heavy atom. The van der Waals surface area contributed by atoms with E-state index in [0.717, 1.165) is 12.0 Å². The van der Waals surface area contributed by atoms with Crippen LogP contribution in [0.4, 0.5) is 39.0 Å². The van der Waals surface area contributed by atoms with E-state index in [4.69, 9.17) is 9.84 Å². The molecule has 1 unspecified atom stereocenters. The molecule has 0 radical (unpaired) electrons. The van der Waals surface area contributed by atoms with E-state index >= 15 is 0 Å². The Bertz CT molecular complexity index is 1300. The molecule has 0 aliphatic carbocycles. The predicted molar refractivity (Wildman–Crippen MR) is 114 cm³/mol. The van der Waals surface area contributed by atoms with E-state index in [1.807, 2.05) is 11.8 Å². The number of anilines is 3. The molecular formula is C21H19F5N2O6S. The Kier molecular flexibility index (Phi) is 6.19. The normalized spacial score (nSPS) is 17.0.